The number of Topliss-reactive ketones (excluding diaryl/α,β-unsaturated/α-hetero) is 1. The molecule has 37 heavy (non-hydrogen) atoms. The molecule has 6 rings (SSSR count). The minimum Gasteiger partial charge on any atom is -0.505 e. The van der Waals surface area contributed by atoms with E-state index in [4.69, 9.17) is 0 Å². The first-order valence-electron chi connectivity index (χ1n) is 12.0. The lowest BCUT2D eigenvalue weighted by molar-refractivity contribution is -0.123. The summed E-state index contributed by atoms with van der Waals surface area (Å²) in [6.07, 6.45) is 3.66. The number of allylic oxidation sites excluding steroid dienone is 6. The van der Waals surface area contributed by atoms with E-state index in [1.54, 1.807) is 19.1 Å². The van der Waals surface area contributed by atoms with Gasteiger partial charge in [-0.3, -0.25) is 24.1 Å². The van der Waals surface area contributed by atoms with Crippen molar-refractivity contribution in [3.8, 4) is 5.75 Å². The molecule has 1 N–H and O–H groups in total. The first kappa shape index (κ1) is 24.0. The number of halogens is 2. The molecular weight excluding hydrogens is 588 g/mol. The molecule has 2 aromatic carbocycles. The van der Waals surface area contributed by atoms with Crippen molar-refractivity contribution in [3.63, 3.8) is 0 Å². The van der Waals surface area contributed by atoms with E-state index in [9.17, 15) is 28.7 Å². The molecule has 4 aliphatic rings. The summed E-state index contributed by atoms with van der Waals surface area (Å²) in [6.45, 7) is 1.58. The van der Waals surface area contributed by atoms with Gasteiger partial charge in [-0.25, -0.2) is 4.39 Å². The summed E-state index contributed by atoms with van der Waals surface area (Å²) in [7, 11) is 0. The predicted octanol–water partition coefficient (Wildman–Crippen LogP) is 4.77. The maximum absolute atomic E-state index is 14.5. The third-order valence-electron chi connectivity index (χ3n) is 7.95. The molecule has 1 heterocycles. The van der Waals surface area contributed by atoms with Gasteiger partial charge in [0.25, 0.3) is 0 Å². The Morgan fingerprint density at radius 3 is 2.43 bits per heavy atom. The van der Waals surface area contributed by atoms with Crippen LogP contribution in [0.25, 0.3) is 0 Å². The Balaban J connectivity index is 1.49. The Labute approximate surface area is 225 Å². The number of imide groups is 1. The number of anilines is 1. The number of aromatic hydroxyl groups is 1. The molecule has 8 heteroatoms. The minimum atomic E-state index is -0.838. The average Bonchev–Trinajstić information content (AvgIpc) is 3.13. The number of phenols is 1. The lowest BCUT2D eigenvalue weighted by Crippen LogP contribution is -2.39. The van der Waals surface area contributed by atoms with Gasteiger partial charge in [0.15, 0.2) is 23.1 Å². The number of carbonyl (C=O) groups excluding carboxylic acids is 4. The zero-order chi connectivity index (χ0) is 26.2. The van der Waals surface area contributed by atoms with Gasteiger partial charge in [0.05, 0.1) is 17.5 Å². The molecule has 186 valence electrons. The van der Waals surface area contributed by atoms with E-state index in [0.29, 0.717) is 34.4 Å². The van der Waals surface area contributed by atoms with Crippen molar-refractivity contribution in [1.29, 1.82) is 0 Å². The number of hydrogen-bond donors (Lipinski definition) is 1. The van der Waals surface area contributed by atoms with Gasteiger partial charge in [-0.15, -0.1) is 0 Å². The Kier molecular flexibility index (Phi) is 5.56. The molecular formula is C29H21FINO5. The fraction of sp³-hybridized carbons (Fsp3) is 0.241. The summed E-state index contributed by atoms with van der Waals surface area (Å²) in [4.78, 5) is 54.9. The first-order chi connectivity index (χ1) is 17.7. The molecule has 6 nitrogen and oxygen atoms in total. The SMILES string of the molecule is CC1=CC(=O)C2=C(C1=O)[C@@H](c1ccc(O)c(F)c1)C1=CC[C@@H]3C(=O)N(c4ccc(I)cc4)C(=O)[C@@H]3[C@@H]1C2. The van der Waals surface area contributed by atoms with E-state index in [-0.39, 0.29) is 29.8 Å². The Morgan fingerprint density at radius 1 is 1.00 bits per heavy atom. The van der Waals surface area contributed by atoms with Crippen LogP contribution in [0, 0.1) is 27.1 Å². The molecule has 0 saturated carbocycles. The second kappa shape index (κ2) is 8.58. The summed E-state index contributed by atoms with van der Waals surface area (Å²) in [6, 6.07) is 11.1. The van der Waals surface area contributed by atoms with Crippen LogP contribution in [0.5, 0.6) is 5.75 Å². The van der Waals surface area contributed by atoms with Crippen LogP contribution in [-0.2, 0) is 19.2 Å². The molecule has 0 bridgehead atoms. The number of fused-ring (bicyclic) bond motifs is 3. The first-order valence-corrected chi connectivity index (χ1v) is 13.1. The Morgan fingerprint density at radius 2 is 1.73 bits per heavy atom. The molecule has 0 radical (unpaired) electrons. The van der Waals surface area contributed by atoms with E-state index in [2.05, 4.69) is 22.6 Å². The summed E-state index contributed by atoms with van der Waals surface area (Å²) >= 11 is 2.15. The van der Waals surface area contributed by atoms with Crippen molar-refractivity contribution in [2.75, 3.05) is 4.90 Å². The van der Waals surface area contributed by atoms with E-state index >= 15 is 0 Å². The summed E-state index contributed by atoms with van der Waals surface area (Å²) in [5.74, 6) is -5.06. The van der Waals surface area contributed by atoms with Crippen molar-refractivity contribution in [1.82, 2.24) is 0 Å². The maximum atomic E-state index is 14.5. The molecule has 1 fully saturated rings. The minimum absolute atomic E-state index is 0.160. The zero-order valence-corrected chi connectivity index (χ0v) is 21.9. The second-order valence-electron chi connectivity index (χ2n) is 9.93. The highest BCUT2D eigenvalue weighted by Crippen LogP contribution is 2.55. The maximum Gasteiger partial charge on any atom is 0.238 e. The van der Waals surface area contributed by atoms with Crippen LogP contribution in [0.1, 0.15) is 31.2 Å². The third-order valence-corrected chi connectivity index (χ3v) is 8.67. The van der Waals surface area contributed by atoms with Gasteiger partial charge in [0, 0.05) is 26.2 Å². The van der Waals surface area contributed by atoms with Crippen molar-refractivity contribution >= 4 is 51.7 Å². The van der Waals surface area contributed by atoms with E-state index < -0.39 is 35.2 Å². The van der Waals surface area contributed by atoms with Crippen LogP contribution in [0.3, 0.4) is 0 Å². The lowest BCUT2D eigenvalue weighted by Gasteiger charge is -2.42. The van der Waals surface area contributed by atoms with Gasteiger partial charge in [-0.1, -0.05) is 17.7 Å². The Hall–Kier alpha value is -3.40. The van der Waals surface area contributed by atoms with E-state index in [1.807, 2.05) is 18.2 Å². The lowest BCUT2D eigenvalue weighted by atomic mass is 9.59. The molecule has 0 aromatic heterocycles. The molecule has 2 aromatic rings. The Bertz CT molecular complexity index is 1520. The number of amides is 2. The standard InChI is InChI=1S/C29H21FINO5/c1-13-10-23(34)20-12-19-17(24(26(20)27(13)35)14-2-9-22(33)21(30)11-14)7-8-18-25(19)29(37)32(28(18)36)16-5-3-15(31)4-6-16/h2-7,9-11,18-19,24-25,33H,8,12H2,1H3/t18-,19+,24-,25-/m0/s1. The number of ketones is 2. The van der Waals surface area contributed by atoms with Gasteiger partial charge in [-0.05, 0) is 96.3 Å². The van der Waals surface area contributed by atoms with Gasteiger partial charge in [0.2, 0.25) is 11.8 Å². The average molecular weight is 609 g/mol. The number of rotatable bonds is 2. The largest absolute Gasteiger partial charge is 0.505 e. The zero-order valence-electron chi connectivity index (χ0n) is 19.7. The number of hydrogen-bond acceptors (Lipinski definition) is 5. The molecule has 0 spiro atoms. The van der Waals surface area contributed by atoms with Crippen LogP contribution in [0.2, 0.25) is 0 Å². The quantitative estimate of drug-likeness (QED) is 0.229. The topological polar surface area (TPSA) is 91.8 Å². The van der Waals surface area contributed by atoms with E-state index in [0.717, 1.165) is 9.14 Å². The molecule has 1 aliphatic heterocycles. The molecule has 0 unspecified atom stereocenters. The van der Waals surface area contributed by atoms with Crippen LogP contribution < -0.4 is 4.90 Å². The summed E-state index contributed by atoms with van der Waals surface area (Å²) < 4.78 is 15.4. The van der Waals surface area contributed by atoms with Crippen molar-refractivity contribution in [2.45, 2.75) is 25.7 Å². The third kappa shape index (κ3) is 3.56. The van der Waals surface area contributed by atoms with Gasteiger partial charge in [0.1, 0.15) is 0 Å². The highest BCUT2D eigenvalue weighted by atomic mass is 127. The van der Waals surface area contributed by atoms with Gasteiger partial charge < -0.3 is 5.11 Å². The second-order valence-corrected chi connectivity index (χ2v) is 11.2. The van der Waals surface area contributed by atoms with Crippen LogP contribution >= 0.6 is 22.6 Å². The number of benzene rings is 2. The van der Waals surface area contributed by atoms with Crippen molar-refractivity contribution < 1.29 is 28.7 Å². The van der Waals surface area contributed by atoms with Crippen LogP contribution in [0.15, 0.2) is 76.9 Å². The highest BCUT2D eigenvalue weighted by Gasteiger charge is 2.56. The molecule has 2 amide bonds. The smallest absolute Gasteiger partial charge is 0.238 e. The van der Waals surface area contributed by atoms with E-state index in [1.165, 1.54) is 29.2 Å². The predicted molar refractivity (Wildman–Crippen MR) is 141 cm³/mol. The highest BCUT2D eigenvalue weighted by molar-refractivity contribution is 14.1. The molecule has 3 aliphatic carbocycles. The normalized spacial score (nSPS) is 27.1. The van der Waals surface area contributed by atoms with Gasteiger partial charge in [-0.2, -0.15) is 0 Å². The molecule has 1 saturated heterocycles. The fourth-order valence-corrected chi connectivity index (χ4v) is 6.65. The number of phenolic OH excluding ortho intramolecular Hbond substituents is 1. The van der Waals surface area contributed by atoms with Crippen LogP contribution in [-0.4, -0.2) is 28.5 Å². The molecule has 4 atom stereocenters. The van der Waals surface area contributed by atoms with Gasteiger partial charge >= 0.3 is 0 Å². The van der Waals surface area contributed by atoms with Crippen molar-refractivity contribution in [3.05, 3.63) is 91.9 Å². The summed E-state index contributed by atoms with van der Waals surface area (Å²) in [5, 5.41) is 9.76. The van der Waals surface area contributed by atoms with Crippen molar-refractivity contribution in [2.24, 2.45) is 17.8 Å². The number of carbonyl (C=O) groups is 4. The monoisotopic (exact) mass is 609 g/mol. The fourth-order valence-electron chi connectivity index (χ4n) is 6.29. The van der Waals surface area contributed by atoms with Crippen LogP contribution in [0.4, 0.5) is 10.1 Å². The number of nitrogens with zero attached hydrogens (tertiary/aromatic N) is 1. The summed E-state index contributed by atoms with van der Waals surface area (Å²) in [5.41, 5.74) is 2.57.